The van der Waals surface area contributed by atoms with Crippen LogP contribution in [-0.4, -0.2) is 34.6 Å². The Morgan fingerprint density at radius 1 is 1.33 bits per heavy atom. The van der Waals surface area contributed by atoms with Crippen LogP contribution in [0.3, 0.4) is 0 Å². The van der Waals surface area contributed by atoms with E-state index < -0.39 is 0 Å². The van der Waals surface area contributed by atoms with E-state index in [0.29, 0.717) is 13.0 Å². The highest BCUT2D eigenvalue weighted by atomic mass is 16.1. The molecule has 0 saturated heterocycles. The predicted molar refractivity (Wildman–Crippen MR) is 70.4 cm³/mol. The van der Waals surface area contributed by atoms with Gasteiger partial charge in [-0.15, -0.1) is 10.2 Å². The SMILES string of the molecule is CC(=O)CCN(C)c1ccc(-c2cc[nH]c2)nn1. The number of aromatic nitrogens is 3. The largest absolute Gasteiger partial charge is 0.367 e. The van der Waals surface area contributed by atoms with Gasteiger partial charge in [-0.25, -0.2) is 0 Å². The third kappa shape index (κ3) is 2.94. The third-order valence-electron chi connectivity index (χ3n) is 2.73. The fourth-order valence-electron chi connectivity index (χ4n) is 1.61. The molecule has 0 aliphatic carbocycles. The molecule has 5 nitrogen and oxygen atoms in total. The van der Waals surface area contributed by atoms with Gasteiger partial charge in [0.25, 0.3) is 0 Å². The predicted octanol–water partition coefficient (Wildman–Crippen LogP) is 1.89. The van der Waals surface area contributed by atoms with Gasteiger partial charge in [-0.1, -0.05) is 0 Å². The van der Waals surface area contributed by atoms with E-state index in [0.717, 1.165) is 17.1 Å². The van der Waals surface area contributed by atoms with E-state index >= 15 is 0 Å². The molecule has 1 N–H and O–H groups in total. The number of ketones is 1. The Morgan fingerprint density at radius 3 is 2.72 bits per heavy atom. The van der Waals surface area contributed by atoms with Gasteiger partial charge in [0.2, 0.25) is 0 Å². The van der Waals surface area contributed by atoms with E-state index in [2.05, 4.69) is 15.2 Å². The van der Waals surface area contributed by atoms with Crippen LogP contribution in [0.25, 0.3) is 11.3 Å². The van der Waals surface area contributed by atoms with Gasteiger partial charge in [0.05, 0.1) is 5.69 Å². The van der Waals surface area contributed by atoms with Crippen molar-refractivity contribution in [2.75, 3.05) is 18.5 Å². The van der Waals surface area contributed by atoms with Crippen LogP contribution in [-0.2, 0) is 4.79 Å². The topological polar surface area (TPSA) is 61.9 Å². The second-order valence-corrected chi connectivity index (χ2v) is 4.25. The number of nitrogens with zero attached hydrogens (tertiary/aromatic N) is 3. The molecule has 0 aliphatic rings. The number of nitrogens with one attached hydrogen (secondary N) is 1. The van der Waals surface area contributed by atoms with Crippen LogP contribution in [0.2, 0.25) is 0 Å². The molecule has 94 valence electrons. The number of hydrogen-bond acceptors (Lipinski definition) is 4. The number of anilines is 1. The van der Waals surface area contributed by atoms with Crippen molar-refractivity contribution < 1.29 is 4.79 Å². The molecule has 5 heteroatoms. The zero-order chi connectivity index (χ0) is 13.0. The first kappa shape index (κ1) is 12.3. The van der Waals surface area contributed by atoms with E-state index in [-0.39, 0.29) is 5.78 Å². The minimum absolute atomic E-state index is 0.179. The first-order valence-corrected chi connectivity index (χ1v) is 5.84. The van der Waals surface area contributed by atoms with Crippen LogP contribution in [0, 0.1) is 0 Å². The Hall–Kier alpha value is -2.17. The molecule has 0 atom stereocenters. The maximum absolute atomic E-state index is 10.9. The summed E-state index contributed by atoms with van der Waals surface area (Å²) in [6, 6.07) is 5.79. The van der Waals surface area contributed by atoms with Crippen LogP contribution < -0.4 is 4.90 Å². The molecular formula is C13H16N4O. The van der Waals surface area contributed by atoms with E-state index in [1.807, 2.05) is 42.5 Å². The molecule has 0 spiro atoms. The summed E-state index contributed by atoms with van der Waals surface area (Å²) >= 11 is 0. The summed E-state index contributed by atoms with van der Waals surface area (Å²) in [5.41, 5.74) is 1.85. The molecule has 2 aromatic rings. The molecule has 18 heavy (non-hydrogen) atoms. The van der Waals surface area contributed by atoms with Crippen molar-refractivity contribution in [1.82, 2.24) is 15.2 Å². The van der Waals surface area contributed by atoms with Crippen molar-refractivity contribution in [3.05, 3.63) is 30.6 Å². The second kappa shape index (κ2) is 5.44. The van der Waals surface area contributed by atoms with Crippen molar-refractivity contribution in [2.45, 2.75) is 13.3 Å². The highest BCUT2D eigenvalue weighted by Crippen LogP contribution is 2.17. The third-order valence-corrected chi connectivity index (χ3v) is 2.73. The summed E-state index contributed by atoms with van der Waals surface area (Å²) in [6.07, 6.45) is 4.25. The maximum Gasteiger partial charge on any atom is 0.151 e. The Morgan fingerprint density at radius 2 is 2.17 bits per heavy atom. The van der Waals surface area contributed by atoms with Crippen LogP contribution in [0.5, 0.6) is 0 Å². The molecule has 0 aromatic carbocycles. The normalized spacial score (nSPS) is 10.3. The zero-order valence-corrected chi connectivity index (χ0v) is 10.6. The van der Waals surface area contributed by atoms with E-state index in [9.17, 15) is 4.79 Å². The van der Waals surface area contributed by atoms with Gasteiger partial charge in [-0.2, -0.15) is 0 Å². The number of H-pyrrole nitrogens is 1. The molecule has 0 bridgehead atoms. The molecule has 0 saturated carbocycles. The molecule has 2 heterocycles. The Labute approximate surface area is 106 Å². The van der Waals surface area contributed by atoms with Gasteiger partial charge in [0.1, 0.15) is 5.78 Å². The van der Waals surface area contributed by atoms with E-state index in [4.69, 9.17) is 0 Å². The fourth-order valence-corrected chi connectivity index (χ4v) is 1.61. The minimum atomic E-state index is 0.179. The van der Waals surface area contributed by atoms with Crippen molar-refractivity contribution in [2.24, 2.45) is 0 Å². The van der Waals surface area contributed by atoms with Crippen molar-refractivity contribution in [3.63, 3.8) is 0 Å². The maximum atomic E-state index is 10.9. The minimum Gasteiger partial charge on any atom is -0.367 e. The molecule has 0 radical (unpaired) electrons. The highest BCUT2D eigenvalue weighted by molar-refractivity contribution is 5.76. The number of carbonyl (C=O) groups is 1. The molecule has 2 aromatic heterocycles. The van der Waals surface area contributed by atoms with E-state index in [1.165, 1.54) is 0 Å². The van der Waals surface area contributed by atoms with Gasteiger partial charge in [0.15, 0.2) is 5.82 Å². The fraction of sp³-hybridized carbons (Fsp3) is 0.308. The molecule has 0 fully saturated rings. The van der Waals surface area contributed by atoms with Crippen LogP contribution >= 0.6 is 0 Å². The molecule has 2 rings (SSSR count). The Kier molecular flexibility index (Phi) is 3.72. The smallest absolute Gasteiger partial charge is 0.151 e. The van der Waals surface area contributed by atoms with Crippen LogP contribution in [0.15, 0.2) is 30.6 Å². The first-order chi connectivity index (χ1) is 8.66. The van der Waals surface area contributed by atoms with Crippen molar-refractivity contribution >= 4 is 11.6 Å². The standard InChI is InChI=1S/C13H16N4O/c1-10(18)6-8-17(2)13-4-3-12(15-16-13)11-5-7-14-9-11/h3-5,7,9,14H,6,8H2,1-2H3. The van der Waals surface area contributed by atoms with Gasteiger partial charge >= 0.3 is 0 Å². The van der Waals surface area contributed by atoms with Crippen LogP contribution in [0.1, 0.15) is 13.3 Å². The second-order valence-electron chi connectivity index (χ2n) is 4.25. The van der Waals surface area contributed by atoms with Gasteiger partial charge in [-0.05, 0) is 25.1 Å². The average Bonchev–Trinajstić information content (AvgIpc) is 2.90. The number of aromatic amines is 1. The summed E-state index contributed by atoms with van der Waals surface area (Å²) < 4.78 is 0. The lowest BCUT2D eigenvalue weighted by molar-refractivity contribution is -0.116. The summed E-state index contributed by atoms with van der Waals surface area (Å²) in [6.45, 7) is 2.25. The van der Waals surface area contributed by atoms with Crippen molar-refractivity contribution in [1.29, 1.82) is 0 Å². The number of hydrogen-bond donors (Lipinski definition) is 1. The molecule has 0 aliphatic heterocycles. The number of Topliss-reactive ketones (excluding diaryl/α,β-unsaturated/α-hetero) is 1. The monoisotopic (exact) mass is 244 g/mol. The summed E-state index contributed by atoms with van der Waals surface area (Å²) in [5.74, 6) is 0.953. The van der Waals surface area contributed by atoms with E-state index in [1.54, 1.807) is 6.92 Å². The van der Waals surface area contributed by atoms with Crippen LogP contribution in [0.4, 0.5) is 5.82 Å². The highest BCUT2D eigenvalue weighted by Gasteiger charge is 2.06. The zero-order valence-electron chi connectivity index (χ0n) is 10.6. The lowest BCUT2D eigenvalue weighted by Gasteiger charge is -2.16. The number of carbonyl (C=O) groups excluding carboxylic acids is 1. The summed E-state index contributed by atoms with van der Waals surface area (Å²) in [5, 5.41) is 8.34. The summed E-state index contributed by atoms with van der Waals surface area (Å²) in [4.78, 5) is 15.8. The summed E-state index contributed by atoms with van der Waals surface area (Å²) in [7, 11) is 1.91. The molecule has 0 amide bonds. The lowest BCUT2D eigenvalue weighted by atomic mass is 10.2. The number of rotatable bonds is 5. The quantitative estimate of drug-likeness (QED) is 0.872. The molecular weight excluding hydrogens is 228 g/mol. The van der Waals surface area contributed by atoms with Crippen molar-refractivity contribution in [3.8, 4) is 11.3 Å². The van der Waals surface area contributed by atoms with Gasteiger partial charge < -0.3 is 9.88 Å². The average molecular weight is 244 g/mol. The molecule has 0 unspecified atom stereocenters. The van der Waals surface area contributed by atoms with Gasteiger partial charge in [0, 0.05) is 38.0 Å². The van der Waals surface area contributed by atoms with Gasteiger partial charge in [-0.3, -0.25) is 4.79 Å². The lowest BCUT2D eigenvalue weighted by Crippen LogP contribution is -2.21. The Balaban J connectivity index is 2.05. The first-order valence-electron chi connectivity index (χ1n) is 5.84. The Bertz CT molecular complexity index is 504.